The Morgan fingerprint density at radius 1 is 1.71 bits per heavy atom. The first-order valence-electron chi connectivity index (χ1n) is 1.61. The molecule has 0 fully saturated rings. The Morgan fingerprint density at radius 2 is 2.43 bits per heavy atom. The van der Waals surface area contributed by atoms with E-state index in [0.717, 1.165) is 0 Å². The summed E-state index contributed by atoms with van der Waals surface area (Å²) in [6.45, 7) is 0. The van der Waals surface area contributed by atoms with E-state index in [2.05, 4.69) is 31.9 Å². The van der Waals surface area contributed by atoms with Crippen LogP contribution in [0.3, 0.4) is 0 Å². The van der Waals surface area contributed by atoms with Crippen molar-refractivity contribution in [3.8, 4) is 0 Å². The van der Waals surface area contributed by atoms with Crippen LogP contribution in [0.4, 0.5) is 0 Å². The van der Waals surface area contributed by atoms with Crippen LogP contribution >= 0.6 is 31.9 Å². The van der Waals surface area contributed by atoms with Gasteiger partial charge in [0, 0.05) is 15.9 Å². The molecule has 1 rings (SSSR count). The number of alkyl halides is 1. The van der Waals surface area contributed by atoms with E-state index in [1.165, 1.54) is 6.26 Å². The fourth-order valence-corrected chi connectivity index (χ4v) is 1.09. The fourth-order valence-electron chi connectivity index (χ4n) is 0.251. The van der Waals surface area contributed by atoms with E-state index < -0.39 is 0 Å². The van der Waals surface area contributed by atoms with Gasteiger partial charge in [-0.2, -0.15) is 0 Å². The van der Waals surface area contributed by atoms with Gasteiger partial charge in [-0.15, -0.1) is 0 Å². The molecule has 0 bridgehead atoms. The molecule has 0 spiro atoms. The summed E-state index contributed by atoms with van der Waals surface area (Å²) < 4.78 is 10.2. The third-order valence-corrected chi connectivity index (χ3v) is 1.25. The van der Waals surface area contributed by atoms with Crippen molar-refractivity contribution in [2.75, 3.05) is 0 Å². The Kier molecular flexibility index (Phi) is 1.59. The zero-order valence-electron chi connectivity index (χ0n) is 3.23. The van der Waals surface area contributed by atoms with Gasteiger partial charge in [0.15, 0.2) is 0 Å². The van der Waals surface area contributed by atoms with E-state index in [0.29, 0.717) is 4.67 Å². The minimum atomic E-state index is -0.304. The van der Waals surface area contributed by atoms with Gasteiger partial charge in [-0.3, -0.25) is 0 Å². The van der Waals surface area contributed by atoms with E-state index in [-0.39, 0.29) is 5.20 Å². The first kappa shape index (κ1) is 5.44. The van der Waals surface area contributed by atoms with Crippen LogP contribution in [0.2, 0.25) is 0 Å². The maximum absolute atomic E-state index is 4.83. The fraction of sp³-hybridized carbons (Fsp3) is 0.333. The predicted molar refractivity (Wildman–Crippen MR) is 31.9 cm³/mol. The second kappa shape index (κ2) is 2.05. The summed E-state index contributed by atoms with van der Waals surface area (Å²) >= 11 is 6.11. The Hall–Kier alpha value is 0.300. The molecule has 0 aliphatic carbocycles. The standard InChI is InChI=1S/C3H2Br2O2/c4-2-1-6-3(5)7-2/h1,3H. The lowest BCUT2D eigenvalue weighted by Gasteiger charge is -1.97. The van der Waals surface area contributed by atoms with Crippen LogP contribution in [0.15, 0.2) is 10.9 Å². The predicted octanol–water partition coefficient (Wildman–Crippen LogP) is 1.91. The highest BCUT2D eigenvalue weighted by molar-refractivity contribution is 9.11. The van der Waals surface area contributed by atoms with Crippen LogP contribution in [-0.2, 0) is 9.47 Å². The summed E-state index contributed by atoms with van der Waals surface area (Å²) in [5.41, 5.74) is 0. The molecule has 0 aromatic rings. The van der Waals surface area contributed by atoms with Crippen molar-refractivity contribution in [2.24, 2.45) is 0 Å². The molecule has 0 saturated heterocycles. The molecule has 0 radical (unpaired) electrons. The van der Waals surface area contributed by atoms with Crippen LogP contribution in [0.25, 0.3) is 0 Å². The molecular formula is C3H2Br2O2. The molecule has 1 aliphatic rings. The van der Waals surface area contributed by atoms with Gasteiger partial charge >= 0.3 is 0 Å². The van der Waals surface area contributed by atoms with Crippen LogP contribution in [0, 0.1) is 0 Å². The largest absolute Gasteiger partial charge is 0.449 e. The Balaban J connectivity index is 2.42. The van der Waals surface area contributed by atoms with Crippen molar-refractivity contribution < 1.29 is 9.47 Å². The van der Waals surface area contributed by atoms with Gasteiger partial charge in [-0.25, -0.2) is 0 Å². The smallest absolute Gasteiger partial charge is 0.298 e. The topological polar surface area (TPSA) is 18.5 Å². The molecular weight excluding hydrogens is 228 g/mol. The molecule has 7 heavy (non-hydrogen) atoms. The maximum Gasteiger partial charge on any atom is 0.298 e. The monoisotopic (exact) mass is 228 g/mol. The summed E-state index contributed by atoms with van der Waals surface area (Å²) in [4.78, 5) is 0. The van der Waals surface area contributed by atoms with E-state index in [4.69, 9.17) is 9.47 Å². The van der Waals surface area contributed by atoms with Gasteiger partial charge in [-0.1, -0.05) is 0 Å². The molecule has 1 heterocycles. The third kappa shape index (κ3) is 1.35. The number of hydrogen-bond donors (Lipinski definition) is 0. The van der Waals surface area contributed by atoms with Crippen LogP contribution in [0.5, 0.6) is 0 Å². The first-order chi connectivity index (χ1) is 3.29. The van der Waals surface area contributed by atoms with Gasteiger partial charge in [0.1, 0.15) is 6.26 Å². The summed E-state index contributed by atoms with van der Waals surface area (Å²) in [5, 5.41) is -0.304. The minimum Gasteiger partial charge on any atom is -0.449 e. The SMILES string of the molecule is BrC1=COC(Br)O1. The average molecular weight is 230 g/mol. The second-order valence-electron chi connectivity index (χ2n) is 0.950. The quantitative estimate of drug-likeness (QED) is 0.591. The third-order valence-electron chi connectivity index (χ3n) is 0.473. The zero-order valence-corrected chi connectivity index (χ0v) is 6.40. The van der Waals surface area contributed by atoms with Gasteiger partial charge in [-0.05, 0) is 15.9 Å². The molecule has 1 atom stereocenters. The molecule has 1 unspecified atom stereocenters. The highest BCUT2D eigenvalue weighted by Crippen LogP contribution is 2.22. The highest BCUT2D eigenvalue weighted by atomic mass is 79.9. The minimum absolute atomic E-state index is 0.304. The van der Waals surface area contributed by atoms with Gasteiger partial charge in [0.05, 0.1) is 0 Å². The first-order valence-corrected chi connectivity index (χ1v) is 3.32. The van der Waals surface area contributed by atoms with Gasteiger partial charge in [0.25, 0.3) is 5.20 Å². The molecule has 0 amide bonds. The van der Waals surface area contributed by atoms with Crippen molar-refractivity contribution in [1.29, 1.82) is 0 Å². The summed E-state index contributed by atoms with van der Waals surface area (Å²) in [6.07, 6.45) is 1.49. The summed E-state index contributed by atoms with van der Waals surface area (Å²) in [5.74, 6) is 0. The van der Waals surface area contributed by atoms with Gasteiger partial charge in [0.2, 0.25) is 4.67 Å². The molecule has 0 aromatic heterocycles. The van der Waals surface area contributed by atoms with E-state index in [1.807, 2.05) is 0 Å². The van der Waals surface area contributed by atoms with E-state index >= 15 is 0 Å². The summed E-state index contributed by atoms with van der Waals surface area (Å²) in [7, 11) is 0. The molecule has 0 saturated carbocycles. The lowest BCUT2D eigenvalue weighted by Crippen LogP contribution is -1.93. The Bertz CT molecular complexity index is 101. The number of ether oxygens (including phenoxy) is 2. The van der Waals surface area contributed by atoms with Crippen LogP contribution < -0.4 is 0 Å². The Morgan fingerprint density at radius 3 is 2.57 bits per heavy atom. The van der Waals surface area contributed by atoms with Crippen molar-refractivity contribution in [1.82, 2.24) is 0 Å². The molecule has 0 N–H and O–H groups in total. The second-order valence-corrected chi connectivity index (χ2v) is 2.48. The van der Waals surface area contributed by atoms with Crippen molar-refractivity contribution in [2.45, 2.75) is 5.20 Å². The number of rotatable bonds is 0. The number of hydrogen-bond acceptors (Lipinski definition) is 2. The zero-order chi connectivity index (χ0) is 5.28. The molecule has 1 aliphatic heterocycles. The Labute approximate surface area is 57.7 Å². The van der Waals surface area contributed by atoms with E-state index in [9.17, 15) is 0 Å². The van der Waals surface area contributed by atoms with Crippen LogP contribution in [-0.4, -0.2) is 5.20 Å². The highest BCUT2D eigenvalue weighted by Gasteiger charge is 2.11. The van der Waals surface area contributed by atoms with Gasteiger partial charge < -0.3 is 9.47 Å². The lowest BCUT2D eigenvalue weighted by atomic mass is 11.1. The van der Waals surface area contributed by atoms with Crippen molar-refractivity contribution in [3.05, 3.63) is 10.9 Å². The number of halogens is 2. The van der Waals surface area contributed by atoms with Crippen LogP contribution in [0.1, 0.15) is 0 Å². The van der Waals surface area contributed by atoms with E-state index in [1.54, 1.807) is 0 Å². The molecule has 4 heteroatoms. The maximum atomic E-state index is 4.83. The molecule has 2 nitrogen and oxygen atoms in total. The van der Waals surface area contributed by atoms with Crippen molar-refractivity contribution >= 4 is 31.9 Å². The molecule has 0 aromatic carbocycles. The average Bonchev–Trinajstić information content (AvgIpc) is 1.87. The molecule has 40 valence electrons. The normalized spacial score (nSPS) is 28.3. The lowest BCUT2D eigenvalue weighted by molar-refractivity contribution is 0.0603. The van der Waals surface area contributed by atoms with Crippen molar-refractivity contribution in [3.63, 3.8) is 0 Å². The summed E-state index contributed by atoms with van der Waals surface area (Å²) in [6, 6.07) is 0.